The fourth-order valence-electron chi connectivity index (χ4n) is 3.74. The van der Waals surface area contributed by atoms with Crippen LogP contribution in [0.4, 0.5) is 5.13 Å². The number of hydrogen-bond donors (Lipinski definition) is 1. The van der Waals surface area contributed by atoms with Gasteiger partial charge < -0.3 is 5.32 Å². The summed E-state index contributed by atoms with van der Waals surface area (Å²) in [6, 6.07) is 21.5. The fourth-order valence-corrected chi connectivity index (χ4v) is 4.57. The Morgan fingerprint density at radius 2 is 1.59 bits per heavy atom. The first-order chi connectivity index (χ1) is 14.2. The standard InChI is InChI=1S/C22H23ClN4OS/c23-19-15-24-22(29-19)25-20(28)16-26-11-13-27(14-12-26)21(17-7-3-1-4-8-17)18-9-5-2-6-10-18/h1-10,15,21H,11-14,16H2,(H,24,25,28). The topological polar surface area (TPSA) is 48.5 Å². The third-order valence-corrected chi connectivity index (χ3v) is 6.12. The van der Waals surface area contributed by atoms with E-state index in [1.165, 1.54) is 22.5 Å². The molecule has 1 amide bonds. The van der Waals surface area contributed by atoms with Crippen LogP contribution < -0.4 is 5.32 Å². The van der Waals surface area contributed by atoms with Gasteiger partial charge in [-0.15, -0.1) is 0 Å². The summed E-state index contributed by atoms with van der Waals surface area (Å²) >= 11 is 7.14. The highest BCUT2D eigenvalue weighted by molar-refractivity contribution is 7.19. The molecule has 1 N–H and O–H groups in total. The van der Waals surface area contributed by atoms with Crippen LogP contribution >= 0.6 is 22.9 Å². The Labute approximate surface area is 179 Å². The van der Waals surface area contributed by atoms with Gasteiger partial charge in [-0.25, -0.2) is 4.98 Å². The maximum absolute atomic E-state index is 12.3. The molecule has 1 fully saturated rings. The first kappa shape index (κ1) is 20.0. The summed E-state index contributed by atoms with van der Waals surface area (Å²) in [6.07, 6.45) is 1.55. The Morgan fingerprint density at radius 3 is 2.10 bits per heavy atom. The molecular weight excluding hydrogens is 404 g/mol. The Bertz CT molecular complexity index is 887. The van der Waals surface area contributed by atoms with E-state index in [4.69, 9.17) is 11.6 Å². The summed E-state index contributed by atoms with van der Waals surface area (Å²) in [5.74, 6) is -0.0489. The second-order valence-electron chi connectivity index (χ2n) is 7.05. The molecular formula is C22H23ClN4OS. The number of carbonyl (C=O) groups excluding carboxylic acids is 1. The van der Waals surface area contributed by atoms with Gasteiger partial charge in [0.1, 0.15) is 4.34 Å². The minimum Gasteiger partial charge on any atom is -0.301 e. The van der Waals surface area contributed by atoms with Crippen LogP contribution in [0, 0.1) is 0 Å². The van der Waals surface area contributed by atoms with E-state index >= 15 is 0 Å². The van der Waals surface area contributed by atoms with Crippen molar-refractivity contribution in [1.82, 2.24) is 14.8 Å². The number of aromatic nitrogens is 1. The molecule has 0 radical (unpaired) electrons. The van der Waals surface area contributed by atoms with Crippen molar-refractivity contribution in [2.45, 2.75) is 6.04 Å². The Morgan fingerprint density at radius 1 is 1.00 bits per heavy atom. The van der Waals surface area contributed by atoms with Crippen LogP contribution in [0.2, 0.25) is 4.34 Å². The molecule has 150 valence electrons. The van der Waals surface area contributed by atoms with Gasteiger partial charge in [-0.1, -0.05) is 83.6 Å². The predicted molar refractivity (Wildman–Crippen MR) is 118 cm³/mol. The van der Waals surface area contributed by atoms with Gasteiger partial charge in [0.15, 0.2) is 5.13 Å². The molecule has 3 aromatic rings. The molecule has 0 atom stereocenters. The second-order valence-corrected chi connectivity index (χ2v) is 8.72. The van der Waals surface area contributed by atoms with Gasteiger partial charge in [0, 0.05) is 26.2 Å². The molecule has 1 saturated heterocycles. The lowest BCUT2D eigenvalue weighted by Crippen LogP contribution is -2.49. The van der Waals surface area contributed by atoms with Crippen molar-refractivity contribution in [2.75, 3.05) is 38.0 Å². The summed E-state index contributed by atoms with van der Waals surface area (Å²) in [4.78, 5) is 21.1. The zero-order valence-corrected chi connectivity index (χ0v) is 17.6. The van der Waals surface area contributed by atoms with Crippen LogP contribution in [-0.4, -0.2) is 53.4 Å². The Balaban J connectivity index is 1.38. The summed E-state index contributed by atoms with van der Waals surface area (Å²) in [7, 11) is 0. The monoisotopic (exact) mass is 426 g/mol. The van der Waals surface area contributed by atoms with Gasteiger partial charge >= 0.3 is 0 Å². The van der Waals surface area contributed by atoms with E-state index in [-0.39, 0.29) is 11.9 Å². The van der Waals surface area contributed by atoms with E-state index in [9.17, 15) is 4.79 Å². The number of piperazine rings is 1. The second kappa shape index (κ2) is 9.50. The molecule has 0 spiro atoms. The number of carbonyl (C=O) groups is 1. The maximum atomic E-state index is 12.3. The first-order valence-corrected chi connectivity index (χ1v) is 10.9. The number of rotatable bonds is 6. The SMILES string of the molecule is O=C(CN1CCN(C(c2ccccc2)c2ccccc2)CC1)Nc1ncc(Cl)s1. The largest absolute Gasteiger partial charge is 0.301 e. The van der Waals surface area contributed by atoms with E-state index in [0.29, 0.717) is 16.0 Å². The minimum absolute atomic E-state index is 0.0489. The van der Waals surface area contributed by atoms with Crippen molar-refractivity contribution in [3.8, 4) is 0 Å². The van der Waals surface area contributed by atoms with Crippen LogP contribution in [0.25, 0.3) is 0 Å². The Kier molecular flexibility index (Phi) is 6.56. The smallest absolute Gasteiger partial charge is 0.240 e. The molecule has 0 saturated carbocycles. The highest BCUT2D eigenvalue weighted by Gasteiger charge is 2.27. The number of benzene rings is 2. The van der Waals surface area contributed by atoms with Crippen LogP contribution in [0.1, 0.15) is 17.2 Å². The van der Waals surface area contributed by atoms with Gasteiger partial charge in [0.05, 0.1) is 18.8 Å². The molecule has 5 nitrogen and oxygen atoms in total. The molecule has 0 bridgehead atoms. The lowest BCUT2D eigenvalue weighted by Gasteiger charge is -2.39. The van der Waals surface area contributed by atoms with Crippen LogP contribution in [-0.2, 0) is 4.79 Å². The first-order valence-electron chi connectivity index (χ1n) is 9.66. The molecule has 7 heteroatoms. The zero-order chi connectivity index (χ0) is 20.1. The molecule has 29 heavy (non-hydrogen) atoms. The third kappa shape index (κ3) is 5.22. The lowest BCUT2D eigenvalue weighted by atomic mass is 9.96. The van der Waals surface area contributed by atoms with E-state index < -0.39 is 0 Å². The molecule has 0 unspecified atom stereocenters. The third-order valence-electron chi connectivity index (χ3n) is 5.09. The molecule has 4 rings (SSSR count). The van der Waals surface area contributed by atoms with Gasteiger partial charge in [-0.2, -0.15) is 0 Å². The number of anilines is 1. The van der Waals surface area contributed by atoms with Crippen LogP contribution in [0.15, 0.2) is 66.9 Å². The summed E-state index contributed by atoms with van der Waals surface area (Å²) in [5, 5.41) is 3.37. The normalized spacial score (nSPS) is 15.5. The quantitative estimate of drug-likeness (QED) is 0.643. The zero-order valence-electron chi connectivity index (χ0n) is 16.0. The highest BCUT2D eigenvalue weighted by atomic mass is 35.5. The highest BCUT2D eigenvalue weighted by Crippen LogP contribution is 2.29. The number of halogens is 1. The molecule has 0 aliphatic carbocycles. The van der Waals surface area contributed by atoms with Crippen molar-refractivity contribution in [3.63, 3.8) is 0 Å². The van der Waals surface area contributed by atoms with Gasteiger partial charge in [0.2, 0.25) is 5.91 Å². The van der Waals surface area contributed by atoms with Crippen molar-refractivity contribution in [3.05, 3.63) is 82.3 Å². The van der Waals surface area contributed by atoms with Gasteiger partial charge in [-0.3, -0.25) is 14.6 Å². The van der Waals surface area contributed by atoms with Crippen LogP contribution in [0.3, 0.4) is 0 Å². The number of nitrogens with one attached hydrogen (secondary N) is 1. The van der Waals surface area contributed by atoms with E-state index in [0.717, 1.165) is 26.2 Å². The van der Waals surface area contributed by atoms with E-state index in [1.54, 1.807) is 6.20 Å². The van der Waals surface area contributed by atoms with Crippen molar-refractivity contribution in [2.24, 2.45) is 0 Å². The minimum atomic E-state index is -0.0489. The van der Waals surface area contributed by atoms with E-state index in [2.05, 4.69) is 80.8 Å². The summed E-state index contributed by atoms with van der Waals surface area (Å²) < 4.78 is 0.571. The number of amides is 1. The lowest BCUT2D eigenvalue weighted by molar-refractivity contribution is -0.117. The van der Waals surface area contributed by atoms with Crippen molar-refractivity contribution >= 4 is 34.0 Å². The van der Waals surface area contributed by atoms with Crippen molar-refractivity contribution in [1.29, 1.82) is 0 Å². The number of hydrogen-bond acceptors (Lipinski definition) is 5. The summed E-state index contributed by atoms with van der Waals surface area (Å²) in [6.45, 7) is 3.88. The van der Waals surface area contributed by atoms with Crippen LogP contribution in [0.5, 0.6) is 0 Å². The molecule has 1 aliphatic heterocycles. The molecule has 1 aliphatic rings. The average molecular weight is 427 g/mol. The fraction of sp³-hybridized carbons (Fsp3) is 0.273. The Hall–Kier alpha value is -2.25. The van der Waals surface area contributed by atoms with E-state index in [1.807, 2.05) is 0 Å². The molecule has 2 aromatic carbocycles. The summed E-state index contributed by atoms with van der Waals surface area (Å²) in [5.41, 5.74) is 2.59. The maximum Gasteiger partial charge on any atom is 0.240 e. The van der Waals surface area contributed by atoms with Gasteiger partial charge in [-0.05, 0) is 11.1 Å². The predicted octanol–water partition coefficient (Wildman–Crippen LogP) is 4.14. The van der Waals surface area contributed by atoms with Gasteiger partial charge in [0.25, 0.3) is 0 Å². The van der Waals surface area contributed by atoms with Crippen molar-refractivity contribution < 1.29 is 4.79 Å². The molecule has 1 aromatic heterocycles. The average Bonchev–Trinajstić information content (AvgIpc) is 3.15. The number of nitrogens with zero attached hydrogens (tertiary/aromatic N) is 3. The number of thiazole rings is 1. The molecule has 2 heterocycles.